The zero-order valence-corrected chi connectivity index (χ0v) is 16.5. The minimum absolute atomic E-state index is 0.254. The molecule has 4 rings (SSSR count). The van der Waals surface area contributed by atoms with Crippen molar-refractivity contribution in [1.29, 1.82) is 0 Å². The van der Waals surface area contributed by atoms with Crippen molar-refractivity contribution in [2.75, 3.05) is 6.61 Å². The van der Waals surface area contributed by atoms with Gasteiger partial charge in [0.05, 0.1) is 11.6 Å². The van der Waals surface area contributed by atoms with Gasteiger partial charge in [-0.1, -0.05) is 33.3 Å². The number of rotatable bonds is 4. The van der Waals surface area contributed by atoms with E-state index in [1.165, 1.54) is 44.9 Å². The summed E-state index contributed by atoms with van der Waals surface area (Å²) in [5.41, 5.74) is 1.95. The molecule has 0 aromatic heterocycles. The third kappa shape index (κ3) is 2.71. The van der Waals surface area contributed by atoms with Gasteiger partial charge >= 0.3 is 5.97 Å². The zero-order valence-electron chi connectivity index (χ0n) is 16.5. The van der Waals surface area contributed by atoms with Gasteiger partial charge in [-0.2, -0.15) is 0 Å². The van der Waals surface area contributed by atoms with Crippen molar-refractivity contribution in [3.8, 4) is 0 Å². The Morgan fingerprint density at radius 2 is 1.92 bits per heavy atom. The number of cyclic esters (lactones) is 1. The molecule has 0 radical (unpaired) electrons. The molecular formula is C22H33NO3. The average Bonchev–Trinajstić information content (AvgIpc) is 3.25. The second-order valence-corrected chi connectivity index (χ2v) is 10.2. The Morgan fingerprint density at radius 3 is 2.62 bits per heavy atom. The second-order valence-electron chi connectivity index (χ2n) is 10.2. The molecule has 4 aliphatic rings. The van der Waals surface area contributed by atoms with Crippen LogP contribution in [-0.4, -0.2) is 25.0 Å². The molecule has 4 atom stereocenters. The molecule has 144 valence electrons. The highest BCUT2D eigenvalue weighted by atomic mass is 16.5. The number of carbonyl (C=O) groups excluding carboxylic acids is 2. The summed E-state index contributed by atoms with van der Waals surface area (Å²) >= 11 is 0. The van der Waals surface area contributed by atoms with Gasteiger partial charge in [0, 0.05) is 0 Å². The summed E-state index contributed by atoms with van der Waals surface area (Å²) < 4.78 is 5.17. The lowest BCUT2D eigenvalue weighted by Crippen LogP contribution is -2.52. The number of esters is 1. The number of nitrogens with one attached hydrogen (secondary N) is 1. The Balaban J connectivity index is 1.62. The summed E-state index contributed by atoms with van der Waals surface area (Å²) in [4.78, 5) is 23.0. The van der Waals surface area contributed by atoms with Gasteiger partial charge in [0.1, 0.15) is 6.61 Å². The largest absolute Gasteiger partial charge is 0.460 e. The first-order valence-corrected chi connectivity index (χ1v) is 10.4. The Labute approximate surface area is 157 Å². The van der Waals surface area contributed by atoms with Gasteiger partial charge in [0.25, 0.3) is 0 Å². The SMILES string of the molecule is CC1(C)CCC[C@@]2(C)[C@H]1CCC1(CC1)[C@@H]2C/C=C1\C(=O)OC[C@H]1NC=O. The minimum atomic E-state index is -0.273. The summed E-state index contributed by atoms with van der Waals surface area (Å²) in [6, 6.07) is -0.273. The maximum absolute atomic E-state index is 12.1. The first-order chi connectivity index (χ1) is 12.3. The van der Waals surface area contributed by atoms with Crippen LogP contribution in [-0.2, 0) is 14.3 Å². The predicted molar refractivity (Wildman–Crippen MR) is 100 cm³/mol. The fraction of sp³-hybridized carbons (Fsp3) is 0.818. The van der Waals surface area contributed by atoms with Crippen molar-refractivity contribution in [2.24, 2.45) is 28.1 Å². The Hall–Kier alpha value is -1.32. The first-order valence-electron chi connectivity index (χ1n) is 10.4. The van der Waals surface area contributed by atoms with E-state index in [2.05, 4.69) is 32.2 Å². The fourth-order valence-corrected chi connectivity index (χ4v) is 7.05. The monoisotopic (exact) mass is 359 g/mol. The van der Waals surface area contributed by atoms with Crippen molar-refractivity contribution in [3.05, 3.63) is 11.6 Å². The van der Waals surface area contributed by atoms with Gasteiger partial charge in [-0.3, -0.25) is 4.79 Å². The van der Waals surface area contributed by atoms with Crippen LogP contribution in [0.2, 0.25) is 0 Å². The van der Waals surface area contributed by atoms with Crippen molar-refractivity contribution in [2.45, 2.75) is 78.2 Å². The molecule has 26 heavy (non-hydrogen) atoms. The molecule has 0 aromatic carbocycles. The van der Waals surface area contributed by atoms with Crippen molar-refractivity contribution in [1.82, 2.24) is 5.32 Å². The molecule has 4 heteroatoms. The number of ether oxygens (including phenoxy) is 1. The molecule has 1 spiro atoms. The van der Waals surface area contributed by atoms with Gasteiger partial charge in [0.2, 0.25) is 6.41 Å². The van der Waals surface area contributed by atoms with Crippen LogP contribution in [0.3, 0.4) is 0 Å². The van der Waals surface area contributed by atoms with Crippen molar-refractivity contribution >= 4 is 12.4 Å². The van der Waals surface area contributed by atoms with Gasteiger partial charge in [-0.05, 0) is 73.0 Å². The standard InChI is InChI=1S/C22H33NO3/c1-20(2)8-4-9-21(3)17(20)7-10-22(11-12-22)18(21)6-5-15-16(23-14-24)13-26-19(15)25/h5,14,16-18H,4,6-13H2,1-3H3,(H,23,24)/b15-5-/t16-,17+,18-,21+/m1/s1. The minimum Gasteiger partial charge on any atom is -0.460 e. The molecular weight excluding hydrogens is 326 g/mol. The third-order valence-electron chi connectivity index (χ3n) is 8.47. The van der Waals surface area contributed by atoms with Gasteiger partial charge in [-0.25, -0.2) is 4.79 Å². The van der Waals surface area contributed by atoms with E-state index in [1.54, 1.807) is 0 Å². The molecule has 3 saturated carbocycles. The summed E-state index contributed by atoms with van der Waals surface area (Å²) in [5.74, 6) is 1.17. The molecule has 4 nitrogen and oxygen atoms in total. The topological polar surface area (TPSA) is 55.4 Å². The Bertz CT molecular complexity index is 633. The first kappa shape index (κ1) is 18.1. The van der Waals surface area contributed by atoms with Crippen LogP contribution in [0.1, 0.15) is 72.1 Å². The van der Waals surface area contributed by atoms with Crippen LogP contribution in [0.4, 0.5) is 0 Å². The van der Waals surface area contributed by atoms with E-state index in [-0.39, 0.29) is 18.6 Å². The third-order valence-corrected chi connectivity index (χ3v) is 8.47. The Morgan fingerprint density at radius 1 is 1.15 bits per heavy atom. The average molecular weight is 360 g/mol. The molecule has 1 saturated heterocycles. The number of hydrogen-bond donors (Lipinski definition) is 1. The summed E-state index contributed by atoms with van der Waals surface area (Å²) in [6.07, 6.45) is 13.1. The molecule has 4 fully saturated rings. The van der Waals surface area contributed by atoms with Gasteiger partial charge in [0.15, 0.2) is 0 Å². The van der Waals surface area contributed by atoms with Crippen molar-refractivity contribution < 1.29 is 14.3 Å². The summed E-state index contributed by atoms with van der Waals surface area (Å²) in [7, 11) is 0. The molecule has 3 aliphatic carbocycles. The maximum Gasteiger partial charge on any atom is 0.336 e. The highest BCUT2D eigenvalue weighted by Gasteiger charge is 2.62. The van der Waals surface area contributed by atoms with Crippen LogP contribution in [0.15, 0.2) is 11.6 Å². The molecule has 0 unspecified atom stereocenters. The van der Waals surface area contributed by atoms with Gasteiger partial charge in [-0.15, -0.1) is 0 Å². The van der Waals surface area contributed by atoms with E-state index in [9.17, 15) is 9.59 Å². The molecule has 0 bridgehead atoms. The molecule has 1 amide bonds. The van der Waals surface area contributed by atoms with E-state index in [1.807, 2.05) is 0 Å². The lowest BCUT2D eigenvalue weighted by Gasteiger charge is -2.60. The summed E-state index contributed by atoms with van der Waals surface area (Å²) in [6.45, 7) is 7.74. The van der Waals surface area contributed by atoms with E-state index < -0.39 is 0 Å². The van der Waals surface area contributed by atoms with Crippen molar-refractivity contribution in [3.63, 3.8) is 0 Å². The predicted octanol–water partition coefficient (Wildman–Crippen LogP) is 4.00. The van der Waals surface area contributed by atoms with Gasteiger partial charge < -0.3 is 10.1 Å². The lowest BCUT2D eigenvalue weighted by atomic mass is 9.45. The number of fused-ring (bicyclic) bond motifs is 1. The van der Waals surface area contributed by atoms with Crippen LogP contribution in [0.5, 0.6) is 0 Å². The Kier molecular flexibility index (Phi) is 4.24. The highest BCUT2D eigenvalue weighted by Crippen LogP contribution is 2.72. The van der Waals surface area contributed by atoms with E-state index in [0.717, 1.165) is 12.3 Å². The van der Waals surface area contributed by atoms with Crippen LogP contribution in [0.25, 0.3) is 0 Å². The fourth-order valence-electron chi connectivity index (χ4n) is 7.05. The number of amides is 1. The number of hydrogen-bond acceptors (Lipinski definition) is 3. The maximum atomic E-state index is 12.1. The van der Waals surface area contributed by atoms with E-state index >= 15 is 0 Å². The quantitative estimate of drug-likeness (QED) is 0.469. The second kappa shape index (κ2) is 6.10. The van der Waals surface area contributed by atoms with E-state index in [0.29, 0.717) is 34.1 Å². The highest BCUT2D eigenvalue weighted by molar-refractivity contribution is 5.92. The zero-order chi connectivity index (χ0) is 18.6. The molecule has 0 aromatic rings. The van der Waals surface area contributed by atoms with E-state index in [4.69, 9.17) is 4.74 Å². The normalized spacial score (nSPS) is 41.6. The summed E-state index contributed by atoms with van der Waals surface area (Å²) in [5, 5.41) is 2.73. The number of allylic oxidation sites excluding steroid dienone is 1. The molecule has 1 heterocycles. The lowest BCUT2D eigenvalue weighted by molar-refractivity contribution is -0.135. The molecule has 1 N–H and O–H groups in total. The smallest absolute Gasteiger partial charge is 0.336 e. The van der Waals surface area contributed by atoms with Crippen LogP contribution in [0, 0.1) is 28.1 Å². The van der Waals surface area contributed by atoms with Crippen LogP contribution >= 0.6 is 0 Å². The molecule has 1 aliphatic heterocycles. The number of carbonyl (C=O) groups is 2. The van der Waals surface area contributed by atoms with Crippen LogP contribution < -0.4 is 5.32 Å².